The van der Waals surface area contributed by atoms with Crippen molar-refractivity contribution in [2.45, 2.75) is 26.7 Å². The third kappa shape index (κ3) is 4.78. The molecule has 1 aromatic heterocycles. The smallest absolute Gasteiger partial charge is 0.339 e. The molecule has 34 heavy (non-hydrogen) atoms. The summed E-state index contributed by atoms with van der Waals surface area (Å²) in [5.41, 5.74) is 3.04. The molecular formula is C25H31ClN4O4. The van der Waals surface area contributed by atoms with Gasteiger partial charge in [-0.15, -0.1) is 0 Å². The minimum absolute atomic E-state index is 0.109. The molecule has 2 saturated heterocycles. The number of halogens is 1. The van der Waals surface area contributed by atoms with Crippen molar-refractivity contribution in [2.75, 3.05) is 51.3 Å². The summed E-state index contributed by atoms with van der Waals surface area (Å²) in [4.78, 5) is 47.6. The van der Waals surface area contributed by atoms with Gasteiger partial charge in [-0.25, -0.2) is 4.79 Å². The van der Waals surface area contributed by atoms with E-state index in [1.54, 1.807) is 18.7 Å². The van der Waals surface area contributed by atoms with Gasteiger partial charge in [0.05, 0.1) is 18.6 Å². The normalized spacial score (nSPS) is 18.7. The van der Waals surface area contributed by atoms with Crippen molar-refractivity contribution in [1.29, 1.82) is 0 Å². The highest BCUT2D eigenvalue weighted by Crippen LogP contribution is 2.26. The van der Waals surface area contributed by atoms with E-state index in [0.29, 0.717) is 53.7 Å². The summed E-state index contributed by atoms with van der Waals surface area (Å²) in [6.07, 6.45) is 1.54. The number of piperazine rings is 1. The first kappa shape index (κ1) is 24.1. The van der Waals surface area contributed by atoms with Crippen LogP contribution in [0, 0.1) is 19.8 Å². The molecule has 3 heterocycles. The van der Waals surface area contributed by atoms with E-state index < -0.39 is 5.97 Å². The molecule has 0 aliphatic carbocycles. The molecule has 182 valence electrons. The monoisotopic (exact) mass is 486 g/mol. The fraction of sp³-hybridized carbons (Fsp3) is 0.480. The van der Waals surface area contributed by atoms with E-state index in [2.05, 4.69) is 9.88 Å². The number of rotatable bonds is 4. The summed E-state index contributed by atoms with van der Waals surface area (Å²) < 4.78 is 4.85. The third-order valence-corrected chi connectivity index (χ3v) is 7.10. The number of benzene rings is 1. The largest absolute Gasteiger partial charge is 0.465 e. The fourth-order valence-corrected chi connectivity index (χ4v) is 5.19. The first-order valence-corrected chi connectivity index (χ1v) is 12.0. The number of nitrogens with one attached hydrogen (secondary N) is 1. The number of carbonyl (C=O) groups is 3. The van der Waals surface area contributed by atoms with Crippen LogP contribution in [0.2, 0.25) is 5.02 Å². The molecule has 0 bridgehead atoms. The van der Waals surface area contributed by atoms with Crippen molar-refractivity contribution in [2.24, 2.45) is 5.92 Å². The van der Waals surface area contributed by atoms with Crippen LogP contribution in [-0.4, -0.2) is 78.9 Å². The second-order valence-electron chi connectivity index (χ2n) is 9.00. The van der Waals surface area contributed by atoms with Gasteiger partial charge in [0.2, 0.25) is 5.91 Å². The maximum absolute atomic E-state index is 13.3. The van der Waals surface area contributed by atoms with E-state index in [-0.39, 0.29) is 17.7 Å². The number of aromatic amines is 1. The van der Waals surface area contributed by atoms with Crippen molar-refractivity contribution in [3.8, 4) is 0 Å². The van der Waals surface area contributed by atoms with Gasteiger partial charge in [0.25, 0.3) is 5.91 Å². The second kappa shape index (κ2) is 10.1. The average molecular weight is 487 g/mol. The third-order valence-electron chi connectivity index (χ3n) is 6.86. The van der Waals surface area contributed by atoms with Gasteiger partial charge in [0.15, 0.2) is 0 Å². The van der Waals surface area contributed by atoms with Gasteiger partial charge in [-0.3, -0.25) is 9.59 Å². The van der Waals surface area contributed by atoms with E-state index in [4.69, 9.17) is 16.3 Å². The topological polar surface area (TPSA) is 85.9 Å². The van der Waals surface area contributed by atoms with Crippen LogP contribution < -0.4 is 4.90 Å². The molecule has 0 saturated carbocycles. The SMILES string of the molecule is COC(=O)c1c(C)[nH]c(C(=O)N2CCC[C@H](C(=O)N3CCN(c4cccc(Cl)c4)CC3)C2)c1C. The lowest BCUT2D eigenvalue weighted by Crippen LogP contribution is -2.53. The number of amides is 2. The minimum Gasteiger partial charge on any atom is -0.465 e. The van der Waals surface area contributed by atoms with E-state index >= 15 is 0 Å². The fourth-order valence-electron chi connectivity index (χ4n) is 5.01. The van der Waals surface area contributed by atoms with E-state index in [0.717, 1.165) is 31.6 Å². The van der Waals surface area contributed by atoms with Crippen LogP contribution in [0.15, 0.2) is 24.3 Å². The highest BCUT2D eigenvalue weighted by atomic mass is 35.5. The van der Waals surface area contributed by atoms with Gasteiger partial charge < -0.3 is 24.4 Å². The molecule has 4 rings (SSSR count). The lowest BCUT2D eigenvalue weighted by Gasteiger charge is -2.39. The predicted octanol–water partition coefficient (Wildman–Crippen LogP) is 3.27. The quantitative estimate of drug-likeness (QED) is 0.670. The Hall–Kier alpha value is -3.00. The van der Waals surface area contributed by atoms with Crippen LogP contribution in [0.25, 0.3) is 0 Å². The molecular weight excluding hydrogens is 456 g/mol. The molecule has 0 spiro atoms. The minimum atomic E-state index is -0.464. The number of hydrogen-bond acceptors (Lipinski definition) is 5. The van der Waals surface area contributed by atoms with Gasteiger partial charge in [-0.1, -0.05) is 17.7 Å². The Morgan fingerprint density at radius 3 is 2.47 bits per heavy atom. The van der Waals surface area contributed by atoms with Crippen molar-refractivity contribution in [3.63, 3.8) is 0 Å². The molecule has 1 aromatic carbocycles. The standard InChI is InChI=1S/C25H31ClN4O4/c1-16-21(25(33)34-3)17(2)27-22(16)24(32)30-9-5-6-18(15-30)23(31)29-12-10-28(11-13-29)20-8-4-7-19(26)14-20/h4,7-8,14,18,27H,5-6,9-13,15H2,1-3H3/t18-/m0/s1. The average Bonchev–Trinajstić information content (AvgIpc) is 3.16. The van der Waals surface area contributed by atoms with Crippen LogP contribution in [0.4, 0.5) is 5.69 Å². The lowest BCUT2D eigenvalue weighted by atomic mass is 9.95. The number of aryl methyl sites for hydroxylation is 1. The number of carbonyl (C=O) groups excluding carboxylic acids is 3. The number of likely N-dealkylation sites (tertiary alicyclic amines) is 1. The van der Waals surface area contributed by atoms with Crippen molar-refractivity contribution >= 4 is 35.1 Å². The van der Waals surface area contributed by atoms with E-state index in [9.17, 15) is 14.4 Å². The van der Waals surface area contributed by atoms with Crippen LogP contribution in [0.3, 0.4) is 0 Å². The first-order chi connectivity index (χ1) is 16.3. The Balaban J connectivity index is 1.39. The Morgan fingerprint density at radius 1 is 1.06 bits per heavy atom. The summed E-state index contributed by atoms with van der Waals surface area (Å²) >= 11 is 6.12. The highest BCUT2D eigenvalue weighted by Gasteiger charge is 2.34. The van der Waals surface area contributed by atoms with Gasteiger partial charge in [0, 0.05) is 55.7 Å². The van der Waals surface area contributed by atoms with Crippen molar-refractivity contribution in [3.05, 3.63) is 51.8 Å². The zero-order valence-electron chi connectivity index (χ0n) is 19.9. The summed E-state index contributed by atoms with van der Waals surface area (Å²) in [5, 5.41) is 0.703. The molecule has 0 radical (unpaired) electrons. The summed E-state index contributed by atoms with van der Waals surface area (Å²) in [6.45, 7) is 7.27. The van der Waals surface area contributed by atoms with Crippen LogP contribution in [-0.2, 0) is 9.53 Å². The van der Waals surface area contributed by atoms with Gasteiger partial charge in [-0.05, 0) is 50.5 Å². The number of H-pyrrole nitrogens is 1. The van der Waals surface area contributed by atoms with Crippen LogP contribution >= 0.6 is 11.6 Å². The Morgan fingerprint density at radius 2 is 1.79 bits per heavy atom. The Labute approximate surface area is 204 Å². The van der Waals surface area contributed by atoms with E-state index in [1.807, 2.05) is 29.2 Å². The molecule has 8 nitrogen and oxygen atoms in total. The predicted molar refractivity (Wildman–Crippen MR) is 130 cm³/mol. The number of ether oxygens (including phenoxy) is 1. The number of nitrogens with zero attached hydrogens (tertiary/aromatic N) is 3. The number of esters is 1. The number of aromatic nitrogens is 1. The Kier molecular flexibility index (Phi) is 7.16. The zero-order valence-corrected chi connectivity index (χ0v) is 20.7. The van der Waals surface area contributed by atoms with E-state index in [1.165, 1.54) is 7.11 Å². The first-order valence-electron chi connectivity index (χ1n) is 11.7. The van der Waals surface area contributed by atoms with Crippen molar-refractivity contribution in [1.82, 2.24) is 14.8 Å². The summed E-state index contributed by atoms with van der Waals surface area (Å²) in [6, 6.07) is 7.76. The molecule has 9 heteroatoms. The van der Waals surface area contributed by atoms with Crippen LogP contribution in [0.5, 0.6) is 0 Å². The Bertz CT molecular complexity index is 1090. The molecule has 2 fully saturated rings. The van der Waals surface area contributed by atoms with Gasteiger partial charge >= 0.3 is 5.97 Å². The lowest BCUT2D eigenvalue weighted by molar-refractivity contribution is -0.137. The van der Waals surface area contributed by atoms with Crippen molar-refractivity contribution < 1.29 is 19.1 Å². The molecule has 2 amide bonds. The zero-order chi connectivity index (χ0) is 24.4. The number of piperidine rings is 1. The number of hydrogen-bond donors (Lipinski definition) is 1. The molecule has 2 aliphatic heterocycles. The highest BCUT2D eigenvalue weighted by molar-refractivity contribution is 6.30. The van der Waals surface area contributed by atoms with Crippen LogP contribution in [0.1, 0.15) is 44.9 Å². The summed E-state index contributed by atoms with van der Waals surface area (Å²) in [5.74, 6) is -0.752. The van der Waals surface area contributed by atoms with Gasteiger partial charge in [0.1, 0.15) is 5.69 Å². The van der Waals surface area contributed by atoms with Gasteiger partial charge in [-0.2, -0.15) is 0 Å². The maximum atomic E-state index is 13.3. The summed E-state index contributed by atoms with van der Waals surface area (Å²) in [7, 11) is 1.32. The molecule has 0 unspecified atom stereocenters. The molecule has 1 atom stereocenters. The maximum Gasteiger partial charge on any atom is 0.339 e. The molecule has 2 aromatic rings. The second-order valence-corrected chi connectivity index (χ2v) is 9.44. The molecule has 2 aliphatic rings. The molecule has 1 N–H and O–H groups in total. The number of anilines is 1. The number of methoxy groups -OCH3 is 1.